The Bertz CT molecular complexity index is 656. The molecule has 0 fully saturated rings. The summed E-state index contributed by atoms with van der Waals surface area (Å²) in [5.41, 5.74) is 0.0913. The van der Waals surface area contributed by atoms with Gasteiger partial charge in [0, 0.05) is 18.4 Å². The lowest BCUT2D eigenvalue weighted by Gasteiger charge is -2.33. The second-order valence-corrected chi connectivity index (χ2v) is 10.6. The van der Waals surface area contributed by atoms with Gasteiger partial charge >= 0.3 is 0 Å². The first-order chi connectivity index (χ1) is 16.2. The summed E-state index contributed by atoms with van der Waals surface area (Å²) in [7, 11) is 0. The molecule has 1 heterocycles. The molecule has 0 amide bonds. The van der Waals surface area contributed by atoms with Crippen LogP contribution < -0.4 is 0 Å². The number of hydrogen-bond acceptors (Lipinski definition) is 1. The van der Waals surface area contributed by atoms with Gasteiger partial charge in [-0.3, -0.25) is 0 Å². The maximum Gasteiger partial charge on any atom is 0.119 e. The summed E-state index contributed by atoms with van der Waals surface area (Å²) in [6.07, 6.45) is 39.4. The molecule has 0 N–H and O–H groups in total. The van der Waals surface area contributed by atoms with Crippen molar-refractivity contribution in [2.45, 2.75) is 154 Å². The van der Waals surface area contributed by atoms with E-state index in [1.165, 1.54) is 121 Å². The molecule has 1 aliphatic rings. The van der Waals surface area contributed by atoms with Gasteiger partial charge in [0.1, 0.15) is 5.82 Å². The van der Waals surface area contributed by atoms with E-state index in [0.29, 0.717) is 6.04 Å². The lowest BCUT2D eigenvalue weighted by Crippen LogP contribution is -2.29. The van der Waals surface area contributed by atoms with Crippen LogP contribution in [0.15, 0.2) is 36.7 Å². The Morgan fingerprint density at radius 3 is 1.94 bits per heavy atom. The third kappa shape index (κ3) is 10.2. The fraction of sp³-hybridized carbons (Fsp3) is 0.774. The van der Waals surface area contributed by atoms with E-state index in [1.807, 2.05) is 6.20 Å². The summed E-state index contributed by atoms with van der Waals surface area (Å²) < 4.78 is 2.50. The molecule has 0 saturated carbocycles. The first-order valence-electron chi connectivity index (χ1n) is 14.6. The van der Waals surface area contributed by atoms with Gasteiger partial charge in [0.05, 0.1) is 5.41 Å². The molecule has 2 heteroatoms. The van der Waals surface area contributed by atoms with Gasteiger partial charge in [-0.15, -0.1) is 0 Å². The molecule has 2 rings (SSSR count). The maximum absolute atomic E-state index is 4.94. The molecule has 1 aromatic heterocycles. The van der Waals surface area contributed by atoms with E-state index in [1.54, 1.807) is 0 Å². The van der Waals surface area contributed by atoms with Crippen LogP contribution in [0.1, 0.15) is 155 Å². The SMILES string of the molecule is CCCCCCCCCCCCCC1(c2nccn2C(C)CCCCCCC)C=CC=CC1. The van der Waals surface area contributed by atoms with Crippen LogP contribution in [0.25, 0.3) is 0 Å². The van der Waals surface area contributed by atoms with Crippen molar-refractivity contribution < 1.29 is 0 Å². The third-order valence-electron chi connectivity index (χ3n) is 7.69. The molecule has 1 aromatic rings. The van der Waals surface area contributed by atoms with Crippen LogP contribution in [0.4, 0.5) is 0 Å². The lowest BCUT2D eigenvalue weighted by atomic mass is 9.76. The van der Waals surface area contributed by atoms with Gasteiger partial charge in [-0.25, -0.2) is 4.98 Å². The molecule has 1 aliphatic carbocycles. The van der Waals surface area contributed by atoms with Gasteiger partial charge in [-0.1, -0.05) is 141 Å². The fourth-order valence-corrected chi connectivity index (χ4v) is 5.47. The normalized spacial score (nSPS) is 18.8. The zero-order chi connectivity index (χ0) is 23.6. The van der Waals surface area contributed by atoms with Gasteiger partial charge in [0.15, 0.2) is 0 Å². The summed E-state index contributed by atoms with van der Waals surface area (Å²) >= 11 is 0. The Kier molecular flexibility index (Phi) is 14.5. The van der Waals surface area contributed by atoms with E-state index in [-0.39, 0.29) is 5.41 Å². The van der Waals surface area contributed by atoms with E-state index in [4.69, 9.17) is 4.98 Å². The molecule has 0 aromatic carbocycles. The van der Waals surface area contributed by atoms with E-state index >= 15 is 0 Å². The fourth-order valence-electron chi connectivity index (χ4n) is 5.47. The van der Waals surface area contributed by atoms with Gasteiger partial charge in [0.2, 0.25) is 0 Å². The maximum atomic E-state index is 4.94. The third-order valence-corrected chi connectivity index (χ3v) is 7.69. The Labute approximate surface area is 206 Å². The van der Waals surface area contributed by atoms with E-state index in [2.05, 4.69) is 55.8 Å². The number of nitrogens with zero attached hydrogens (tertiary/aromatic N) is 2. The minimum atomic E-state index is 0.0913. The number of rotatable bonds is 20. The number of aromatic nitrogens is 2. The molecule has 2 unspecified atom stereocenters. The molecule has 0 saturated heterocycles. The Balaban J connectivity index is 1.78. The highest BCUT2D eigenvalue weighted by molar-refractivity contribution is 5.29. The predicted molar refractivity (Wildman–Crippen MR) is 146 cm³/mol. The first kappa shape index (κ1) is 27.9. The number of hydrogen-bond donors (Lipinski definition) is 0. The number of allylic oxidation sites excluding steroid dienone is 4. The van der Waals surface area contributed by atoms with Crippen molar-refractivity contribution in [3.8, 4) is 0 Å². The quantitative estimate of drug-likeness (QED) is 0.179. The van der Waals surface area contributed by atoms with E-state index in [9.17, 15) is 0 Å². The van der Waals surface area contributed by atoms with Crippen LogP contribution in [0, 0.1) is 0 Å². The molecule has 33 heavy (non-hydrogen) atoms. The van der Waals surface area contributed by atoms with Gasteiger partial charge in [-0.05, 0) is 26.2 Å². The van der Waals surface area contributed by atoms with Crippen molar-refractivity contribution >= 4 is 0 Å². The molecule has 0 aliphatic heterocycles. The Morgan fingerprint density at radius 2 is 1.36 bits per heavy atom. The van der Waals surface area contributed by atoms with Crippen molar-refractivity contribution in [2.24, 2.45) is 0 Å². The van der Waals surface area contributed by atoms with Crippen molar-refractivity contribution in [1.29, 1.82) is 0 Å². The highest BCUT2D eigenvalue weighted by Gasteiger charge is 2.34. The van der Waals surface area contributed by atoms with E-state index in [0.717, 1.165) is 6.42 Å². The average Bonchev–Trinajstić information content (AvgIpc) is 3.34. The van der Waals surface area contributed by atoms with Crippen molar-refractivity contribution in [3.05, 3.63) is 42.5 Å². The van der Waals surface area contributed by atoms with Crippen LogP contribution in [0.3, 0.4) is 0 Å². The summed E-state index contributed by atoms with van der Waals surface area (Å²) in [6, 6.07) is 0.539. The highest BCUT2D eigenvalue weighted by Crippen LogP contribution is 2.38. The highest BCUT2D eigenvalue weighted by atomic mass is 15.1. The number of imidazole rings is 1. The molecule has 0 spiro atoms. The molecule has 2 atom stereocenters. The number of unbranched alkanes of at least 4 members (excludes halogenated alkanes) is 14. The van der Waals surface area contributed by atoms with Gasteiger partial charge < -0.3 is 4.57 Å². The smallest absolute Gasteiger partial charge is 0.119 e. The lowest BCUT2D eigenvalue weighted by molar-refractivity contribution is 0.380. The zero-order valence-electron chi connectivity index (χ0n) is 22.4. The van der Waals surface area contributed by atoms with Crippen molar-refractivity contribution in [1.82, 2.24) is 9.55 Å². The van der Waals surface area contributed by atoms with Crippen molar-refractivity contribution in [2.75, 3.05) is 0 Å². The second kappa shape index (κ2) is 17.2. The average molecular weight is 455 g/mol. The Hall–Kier alpha value is -1.31. The van der Waals surface area contributed by atoms with Crippen LogP contribution in [-0.2, 0) is 5.41 Å². The zero-order valence-corrected chi connectivity index (χ0v) is 22.4. The second-order valence-electron chi connectivity index (χ2n) is 10.6. The monoisotopic (exact) mass is 454 g/mol. The molecule has 2 nitrogen and oxygen atoms in total. The predicted octanol–water partition coefficient (Wildman–Crippen LogP) is 10.3. The minimum absolute atomic E-state index is 0.0913. The van der Waals surface area contributed by atoms with Crippen LogP contribution >= 0.6 is 0 Å². The molecule has 0 radical (unpaired) electrons. The Morgan fingerprint density at radius 1 is 0.788 bits per heavy atom. The van der Waals surface area contributed by atoms with Crippen molar-refractivity contribution in [3.63, 3.8) is 0 Å². The summed E-state index contributed by atoms with van der Waals surface area (Å²) in [5.74, 6) is 1.30. The van der Waals surface area contributed by atoms with Crippen LogP contribution in [-0.4, -0.2) is 9.55 Å². The minimum Gasteiger partial charge on any atom is -0.331 e. The van der Waals surface area contributed by atoms with E-state index < -0.39 is 0 Å². The topological polar surface area (TPSA) is 17.8 Å². The molecular formula is C31H54N2. The summed E-state index contributed by atoms with van der Waals surface area (Å²) in [4.78, 5) is 4.94. The standard InChI is InChI=1S/C31H54N2/c1-4-6-8-10-11-12-13-14-15-17-20-24-31(25-21-18-22-26-31)30-32-27-28-33(30)29(3)23-19-16-9-7-5-2/h18,21-22,25,27-29H,4-17,19-20,23-24,26H2,1-3H3. The van der Waals surface area contributed by atoms with Gasteiger partial charge in [0.25, 0.3) is 0 Å². The van der Waals surface area contributed by atoms with Gasteiger partial charge in [-0.2, -0.15) is 0 Å². The summed E-state index contributed by atoms with van der Waals surface area (Å²) in [6.45, 7) is 6.98. The van der Waals surface area contributed by atoms with Crippen LogP contribution in [0.2, 0.25) is 0 Å². The van der Waals surface area contributed by atoms with Crippen LogP contribution in [0.5, 0.6) is 0 Å². The summed E-state index contributed by atoms with van der Waals surface area (Å²) in [5, 5.41) is 0. The molecule has 0 bridgehead atoms. The first-order valence-corrected chi connectivity index (χ1v) is 14.6. The molecule has 188 valence electrons. The molecular weight excluding hydrogens is 400 g/mol. The largest absolute Gasteiger partial charge is 0.331 e.